The van der Waals surface area contributed by atoms with Crippen LogP contribution in [0.25, 0.3) is 0 Å². The minimum atomic E-state index is -0.598. The molecule has 1 atom stereocenters. The van der Waals surface area contributed by atoms with Crippen LogP contribution < -0.4 is 0 Å². The number of allylic oxidation sites excluding steroid dienone is 1. The lowest BCUT2D eigenvalue weighted by Crippen LogP contribution is -1.88. The zero-order valence-corrected chi connectivity index (χ0v) is 7.12. The van der Waals surface area contributed by atoms with Gasteiger partial charge in [0, 0.05) is 10.2 Å². The molecule has 0 aromatic carbocycles. The van der Waals surface area contributed by atoms with E-state index in [1.807, 2.05) is 6.92 Å². The summed E-state index contributed by atoms with van der Waals surface area (Å²) < 4.78 is 23.4. The second-order valence-corrected chi connectivity index (χ2v) is 3.20. The molecule has 0 bridgehead atoms. The molecule has 0 aromatic heterocycles. The second kappa shape index (κ2) is 3.77. The third kappa shape index (κ3) is 2.21. The average Bonchev–Trinajstić information content (AvgIpc) is 1.84. The van der Waals surface area contributed by atoms with Gasteiger partial charge in [-0.2, -0.15) is 0 Å². The van der Waals surface area contributed by atoms with Crippen molar-refractivity contribution in [1.82, 2.24) is 0 Å². The molecule has 0 saturated heterocycles. The molecule has 0 saturated carbocycles. The van der Waals surface area contributed by atoms with Crippen molar-refractivity contribution in [2.45, 2.75) is 18.9 Å². The molecule has 0 aliphatic heterocycles. The molecule has 0 aliphatic carbocycles. The molecule has 0 fully saturated rings. The maximum absolute atomic E-state index is 12.0. The van der Waals surface area contributed by atoms with Crippen molar-refractivity contribution >= 4 is 10.2 Å². The van der Waals surface area contributed by atoms with E-state index in [2.05, 4.69) is 0 Å². The van der Waals surface area contributed by atoms with E-state index in [1.165, 1.54) is 0 Å². The minimum Gasteiger partial charge on any atom is -0.213 e. The quantitative estimate of drug-likeness (QED) is 0.502. The van der Waals surface area contributed by atoms with Gasteiger partial charge < -0.3 is 0 Å². The Morgan fingerprint density at radius 2 is 2.38 bits per heavy atom. The van der Waals surface area contributed by atoms with Crippen LogP contribution in [0.4, 0.5) is 8.78 Å². The highest BCUT2D eigenvalue weighted by atomic mass is 28.1. The van der Waals surface area contributed by atoms with Crippen molar-refractivity contribution < 1.29 is 8.78 Å². The topological polar surface area (TPSA) is 0 Å². The molecule has 1 unspecified atom stereocenters. The van der Waals surface area contributed by atoms with E-state index in [0.29, 0.717) is 16.7 Å². The first-order chi connectivity index (χ1) is 3.72. The SMILES string of the molecule is CCC([SiH3])C(F)=CF. The lowest BCUT2D eigenvalue weighted by atomic mass is 10.3. The second-order valence-electron chi connectivity index (χ2n) is 1.80. The highest BCUT2D eigenvalue weighted by Crippen LogP contribution is 2.17. The summed E-state index contributed by atoms with van der Waals surface area (Å²) in [5.74, 6) is -0.598. The molecule has 0 radical (unpaired) electrons. The summed E-state index contributed by atoms with van der Waals surface area (Å²) in [4.78, 5) is 0. The molecule has 8 heavy (non-hydrogen) atoms. The standard InChI is InChI=1S/C5H10F2Si/c1-2-5(8)4(7)3-6/h3,5H,2H2,1,8H3. The van der Waals surface area contributed by atoms with Gasteiger partial charge in [0.05, 0.1) is 0 Å². The predicted octanol–water partition coefficient (Wildman–Crippen LogP) is 1.33. The molecule has 0 N–H and O–H groups in total. The zero-order valence-electron chi connectivity index (χ0n) is 5.12. The maximum Gasteiger partial charge on any atom is 0.127 e. The van der Waals surface area contributed by atoms with Crippen LogP contribution in [0.1, 0.15) is 13.3 Å². The third-order valence-corrected chi connectivity index (χ3v) is 2.56. The van der Waals surface area contributed by atoms with Crippen molar-refractivity contribution in [2.24, 2.45) is 0 Å². The fourth-order valence-corrected chi connectivity index (χ4v) is 0.429. The molecule has 0 nitrogen and oxygen atoms in total. The molecule has 0 aliphatic rings. The van der Waals surface area contributed by atoms with E-state index in [1.54, 1.807) is 0 Å². The Morgan fingerprint density at radius 1 is 1.88 bits per heavy atom. The van der Waals surface area contributed by atoms with Gasteiger partial charge >= 0.3 is 0 Å². The van der Waals surface area contributed by atoms with Crippen LogP contribution in [0.15, 0.2) is 12.2 Å². The van der Waals surface area contributed by atoms with Gasteiger partial charge in [0.2, 0.25) is 0 Å². The maximum atomic E-state index is 12.0. The molecule has 0 rings (SSSR count). The lowest BCUT2D eigenvalue weighted by Gasteiger charge is -2.00. The fourth-order valence-electron chi connectivity index (χ4n) is 0.303. The number of hydrogen-bond acceptors (Lipinski definition) is 0. The molecule has 0 aromatic rings. The van der Waals surface area contributed by atoms with Crippen molar-refractivity contribution in [3.8, 4) is 0 Å². The average molecular weight is 136 g/mol. The van der Waals surface area contributed by atoms with Crippen LogP contribution in [0.2, 0.25) is 5.54 Å². The van der Waals surface area contributed by atoms with Gasteiger partial charge in [-0.25, -0.2) is 8.78 Å². The van der Waals surface area contributed by atoms with Crippen molar-refractivity contribution in [1.29, 1.82) is 0 Å². The molecular weight excluding hydrogens is 126 g/mol. The highest BCUT2D eigenvalue weighted by molar-refractivity contribution is 6.13. The molecule has 3 heteroatoms. The smallest absolute Gasteiger partial charge is 0.127 e. The minimum absolute atomic E-state index is 0.0567. The summed E-state index contributed by atoms with van der Waals surface area (Å²) in [5, 5.41) is 0. The highest BCUT2D eigenvalue weighted by Gasteiger charge is 2.03. The third-order valence-electron chi connectivity index (χ3n) is 1.19. The van der Waals surface area contributed by atoms with E-state index in [-0.39, 0.29) is 11.9 Å². The summed E-state index contributed by atoms with van der Waals surface area (Å²) in [5.41, 5.74) is -0.125. The van der Waals surface area contributed by atoms with E-state index < -0.39 is 5.83 Å². The summed E-state index contributed by atoms with van der Waals surface area (Å²) in [6.07, 6.45) is 0.764. The van der Waals surface area contributed by atoms with Gasteiger partial charge in [-0.3, -0.25) is 0 Å². The Balaban J connectivity index is 3.63. The van der Waals surface area contributed by atoms with E-state index >= 15 is 0 Å². The Hall–Kier alpha value is -0.183. The van der Waals surface area contributed by atoms with Crippen molar-refractivity contribution in [3.05, 3.63) is 12.2 Å². The Morgan fingerprint density at radius 3 is 2.50 bits per heavy atom. The van der Waals surface area contributed by atoms with Crippen LogP contribution >= 0.6 is 0 Å². The monoisotopic (exact) mass is 136 g/mol. The summed E-state index contributed by atoms with van der Waals surface area (Å²) in [6, 6.07) is 0. The van der Waals surface area contributed by atoms with Gasteiger partial charge in [0.25, 0.3) is 0 Å². The normalized spacial score (nSPS) is 16.6. The van der Waals surface area contributed by atoms with Crippen LogP contribution in [0.3, 0.4) is 0 Å². The molecule has 0 heterocycles. The number of halogens is 2. The first-order valence-electron chi connectivity index (χ1n) is 2.68. The predicted molar refractivity (Wildman–Crippen MR) is 34.3 cm³/mol. The molecule has 0 spiro atoms. The lowest BCUT2D eigenvalue weighted by molar-refractivity contribution is 0.543. The van der Waals surface area contributed by atoms with Crippen LogP contribution in [-0.4, -0.2) is 10.2 Å². The number of rotatable bonds is 2. The molecule has 0 amide bonds. The van der Waals surface area contributed by atoms with Gasteiger partial charge in [-0.1, -0.05) is 13.3 Å². The van der Waals surface area contributed by atoms with Gasteiger partial charge in [0.1, 0.15) is 12.2 Å². The van der Waals surface area contributed by atoms with Crippen LogP contribution in [0.5, 0.6) is 0 Å². The van der Waals surface area contributed by atoms with E-state index in [4.69, 9.17) is 0 Å². The van der Waals surface area contributed by atoms with Gasteiger partial charge in [-0.15, -0.1) is 0 Å². The number of hydrogen-bond donors (Lipinski definition) is 0. The zero-order chi connectivity index (χ0) is 6.57. The fraction of sp³-hybridized carbons (Fsp3) is 0.600. The van der Waals surface area contributed by atoms with E-state index in [9.17, 15) is 8.78 Å². The molecular formula is C5H10F2Si. The first-order valence-corrected chi connectivity index (χ1v) is 3.83. The van der Waals surface area contributed by atoms with Crippen LogP contribution in [0, 0.1) is 0 Å². The Labute approximate surface area is 51.0 Å². The summed E-state index contributed by atoms with van der Waals surface area (Å²) in [7, 11) is 0.700. The van der Waals surface area contributed by atoms with Crippen molar-refractivity contribution in [2.75, 3.05) is 0 Å². The summed E-state index contributed by atoms with van der Waals surface area (Å²) >= 11 is 0. The van der Waals surface area contributed by atoms with Gasteiger partial charge in [0.15, 0.2) is 0 Å². The summed E-state index contributed by atoms with van der Waals surface area (Å²) in [6.45, 7) is 1.85. The van der Waals surface area contributed by atoms with Crippen molar-refractivity contribution in [3.63, 3.8) is 0 Å². The first kappa shape index (κ1) is 7.82. The van der Waals surface area contributed by atoms with E-state index in [0.717, 1.165) is 0 Å². The van der Waals surface area contributed by atoms with Crippen LogP contribution in [-0.2, 0) is 0 Å². The largest absolute Gasteiger partial charge is 0.213 e. The molecule has 48 valence electrons. The van der Waals surface area contributed by atoms with Gasteiger partial charge in [-0.05, 0) is 5.54 Å². The Kier molecular flexibility index (Phi) is 3.69. The Bertz CT molecular complexity index is 90.4.